The number of nitrogen functional groups attached to an aromatic ring is 1. The van der Waals surface area contributed by atoms with Crippen LogP contribution >= 0.6 is 11.8 Å². The summed E-state index contributed by atoms with van der Waals surface area (Å²) in [4.78, 5) is 14.4. The van der Waals surface area contributed by atoms with Crippen LogP contribution in [0.3, 0.4) is 0 Å². The molecule has 1 aromatic heterocycles. The summed E-state index contributed by atoms with van der Waals surface area (Å²) in [7, 11) is 0. The summed E-state index contributed by atoms with van der Waals surface area (Å²) in [6.45, 7) is 0. The van der Waals surface area contributed by atoms with Crippen molar-refractivity contribution in [3.8, 4) is 0 Å². The van der Waals surface area contributed by atoms with E-state index in [2.05, 4.69) is 4.98 Å². The van der Waals surface area contributed by atoms with Gasteiger partial charge >= 0.3 is 5.69 Å². The Morgan fingerprint density at radius 2 is 1.95 bits per heavy atom. The summed E-state index contributed by atoms with van der Waals surface area (Å²) in [6.07, 6.45) is 0. The first-order chi connectivity index (χ1) is 9.65. The number of nitrogens with one attached hydrogen (secondary N) is 1. The third kappa shape index (κ3) is 2.21. The lowest BCUT2D eigenvalue weighted by Crippen LogP contribution is -1.97. The Hall–Kier alpha value is -2.47. The summed E-state index contributed by atoms with van der Waals surface area (Å²) in [5.41, 5.74) is 6.82. The molecule has 0 bridgehead atoms. The van der Waals surface area contributed by atoms with E-state index in [1.54, 1.807) is 12.1 Å². The van der Waals surface area contributed by atoms with Crippen LogP contribution in [0.1, 0.15) is 0 Å². The van der Waals surface area contributed by atoms with Crippen molar-refractivity contribution in [3.05, 3.63) is 58.6 Å². The van der Waals surface area contributed by atoms with Crippen molar-refractivity contribution < 1.29 is 4.92 Å². The monoisotopic (exact) mass is 285 g/mol. The molecule has 3 N–H and O–H groups in total. The Labute approximate surface area is 118 Å². The van der Waals surface area contributed by atoms with Crippen molar-refractivity contribution in [2.75, 3.05) is 5.73 Å². The molecule has 0 spiro atoms. The van der Waals surface area contributed by atoms with Crippen molar-refractivity contribution in [3.63, 3.8) is 0 Å². The second-order valence-electron chi connectivity index (χ2n) is 4.27. The van der Waals surface area contributed by atoms with Crippen LogP contribution < -0.4 is 5.73 Å². The highest BCUT2D eigenvalue weighted by Crippen LogP contribution is 2.38. The molecule has 0 aliphatic carbocycles. The number of nitrogens with zero attached hydrogens (tertiary/aromatic N) is 1. The molecule has 6 heteroatoms. The molecule has 3 aromatic rings. The molecule has 0 aliphatic heterocycles. The van der Waals surface area contributed by atoms with Crippen LogP contribution in [0.2, 0.25) is 0 Å². The van der Waals surface area contributed by atoms with E-state index in [0.29, 0.717) is 4.90 Å². The number of nitro benzene ring substituents is 1. The maximum absolute atomic E-state index is 11.1. The number of aromatic nitrogens is 1. The first kappa shape index (κ1) is 12.6. The van der Waals surface area contributed by atoms with Crippen molar-refractivity contribution in [2.45, 2.75) is 9.92 Å². The SMILES string of the molecule is Nc1cccc(Sc2cc3ccccc3[nH]2)c1[N+](=O)[O-]. The molecule has 0 aliphatic rings. The number of aromatic amines is 1. The van der Waals surface area contributed by atoms with E-state index in [0.717, 1.165) is 15.9 Å². The van der Waals surface area contributed by atoms with Crippen LogP contribution in [-0.4, -0.2) is 9.91 Å². The highest BCUT2D eigenvalue weighted by Gasteiger charge is 2.19. The molecule has 20 heavy (non-hydrogen) atoms. The molecular weight excluding hydrogens is 274 g/mol. The number of rotatable bonds is 3. The van der Waals surface area contributed by atoms with Gasteiger partial charge in [0.25, 0.3) is 0 Å². The van der Waals surface area contributed by atoms with E-state index < -0.39 is 4.92 Å². The molecule has 0 fully saturated rings. The molecule has 3 rings (SSSR count). The molecule has 5 nitrogen and oxygen atoms in total. The lowest BCUT2D eigenvalue weighted by Gasteiger charge is -2.03. The topological polar surface area (TPSA) is 85.0 Å². The maximum Gasteiger partial charge on any atom is 0.305 e. The zero-order chi connectivity index (χ0) is 14.1. The van der Waals surface area contributed by atoms with Gasteiger partial charge in [-0.3, -0.25) is 10.1 Å². The summed E-state index contributed by atoms with van der Waals surface area (Å²) < 4.78 is 0. The van der Waals surface area contributed by atoms with Gasteiger partial charge < -0.3 is 10.7 Å². The molecule has 0 atom stereocenters. The van der Waals surface area contributed by atoms with E-state index in [-0.39, 0.29) is 11.4 Å². The molecule has 0 radical (unpaired) electrons. The van der Waals surface area contributed by atoms with Gasteiger partial charge in [-0.2, -0.15) is 0 Å². The van der Waals surface area contributed by atoms with Gasteiger partial charge in [-0.05, 0) is 24.3 Å². The third-order valence-corrected chi connectivity index (χ3v) is 3.93. The third-order valence-electron chi connectivity index (χ3n) is 2.94. The minimum atomic E-state index is -0.444. The number of anilines is 1. The summed E-state index contributed by atoms with van der Waals surface area (Å²) in [6, 6.07) is 14.8. The Bertz CT molecular complexity index is 765. The van der Waals surface area contributed by atoms with Gasteiger partial charge in [0.2, 0.25) is 0 Å². The predicted molar refractivity (Wildman–Crippen MR) is 79.9 cm³/mol. The number of para-hydroxylation sites is 2. The average Bonchev–Trinajstić information content (AvgIpc) is 2.80. The second-order valence-corrected chi connectivity index (χ2v) is 5.36. The van der Waals surface area contributed by atoms with Gasteiger partial charge in [0.15, 0.2) is 0 Å². The molecule has 0 saturated heterocycles. The molecule has 0 amide bonds. The highest BCUT2D eigenvalue weighted by atomic mass is 32.2. The Morgan fingerprint density at radius 1 is 1.15 bits per heavy atom. The van der Waals surface area contributed by atoms with Crippen molar-refractivity contribution in [2.24, 2.45) is 0 Å². The quantitative estimate of drug-likeness (QED) is 0.435. The van der Waals surface area contributed by atoms with E-state index in [1.807, 2.05) is 30.3 Å². The van der Waals surface area contributed by atoms with E-state index >= 15 is 0 Å². The lowest BCUT2D eigenvalue weighted by atomic mass is 10.3. The molecule has 0 unspecified atom stereocenters. The van der Waals surface area contributed by atoms with Crippen molar-refractivity contribution in [1.29, 1.82) is 0 Å². The Morgan fingerprint density at radius 3 is 2.70 bits per heavy atom. The van der Waals surface area contributed by atoms with Gasteiger partial charge in [-0.15, -0.1) is 0 Å². The molecular formula is C14H11N3O2S. The maximum atomic E-state index is 11.1. The van der Waals surface area contributed by atoms with Gasteiger partial charge in [0.05, 0.1) is 14.8 Å². The fourth-order valence-electron chi connectivity index (χ4n) is 2.04. The summed E-state index contributed by atoms with van der Waals surface area (Å²) in [5.74, 6) is 0. The zero-order valence-corrected chi connectivity index (χ0v) is 11.2. The minimum Gasteiger partial charge on any atom is -0.393 e. The molecule has 2 aromatic carbocycles. The van der Waals surface area contributed by atoms with Crippen molar-refractivity contribution >= 4 is 34.0 Å². The second kappa shape index (κ2) is 4.90. The van der Waals surface area contributed by atoms with Crippen LogP contribution in [0, 0.1) is 10.1 Å². The van der Waals surface area contributed by atoms with Crippen LogP contribution in [0.15, 0.2) is 58.5 Å². The van der Waals surface area contributed by atoms with Crippen LogP contribution in [0.4, 0.5) is 11.4 Å². The normalized spacial score (nSPS) is 10.8. The van der Waals surface area contributed by atoms with E-state index in [4.69, 9.17) is 5.73 Å². The van der Waals surface area contributed by atoms with Crippen LogP contribution in [0.5, 0.6) is 0 Å². The first-order valence-corrected chi connectivity index (χ1v) is 6.75. The van der Waals surface area contributed by atoms with Gasteiger partial charge in [-0.1, -0.05) is 36.0 Å². The lowest BCUT2D eigenvalue weighted by molar-refractivity contribution is -0.386. The van der Waals surface area contributed by atoms with Crippen molar-refractivity contribution in [1.82, 2.24) is 4.98 Å². The fourth-order valence-corrected chi connectivity index (χ4v) is 3.06. The Balaban J connectivity index is 2.02. The van der Waals surface area contributed by atoms with E-state index in [9.17, 15) is 10.1 Å². The number of H-pyrrole nitrogens is 1. The molecule has 100 valence electrons. The first-order valence-electron chi connectivity index (χ1n) is 5.93. The van der Waals surface area contributed by atoms with Gasteiger partial charge in [0, 0.05) is 10.9 Å². The summed E-state index contributed by atoms with van der Waals surface area (Å²) >= 11 is 1.31. The minimum absolute atomic E-state index is 0.0452. The predicted octanol–water partition coefficient (Wildman–Crippen LogP) is 3.81. The fraction of sp³-hybridized carbons (Fsp3) is 0. The average molecular weight is 285 g/mol. The molecule has 1 heterocycles. The van der Waals surface area contributed by atoms with E-state index in [1.165, 1.54) is 17.8 Å². The number of nitrogens with two attached hydrogens (primary N) is 1. The molecule has 0 saturated carbocycles. The number of nitro groups is 1. The van der Waals surface area contributed by atoms with Crippen LogP contribution in [0.25, 0.3) is 10.9 Å². The Kier molecular flexibility index (Phi) is 3.08. The smallest absolute Gasteiger partial charge is 0.305 e. The van der Waals surface area contributed by atoms with Gasteiger partial charge in [-0.25, -0.2) is 0 Å². The largest absolute Gasteiger partial charge is 0.393 e. The standard InChI is InChI=1S/C14H11N3O2S/c15-10-5-3-7-12(14(10)17(18)19)20-13-8-9-4-1-2-6-11(9)16-13/h1-8,16H,15H2. The van der Waals surface area contributed by atoms with Gasteiger partial charge in [0.1, 0.15) is 5.69 Å². The summed E-state index contributed by atoms with van der Waals surface area (Å²) in [5, 5.41) is 13.0. The van der Waals surface area contributed by atoms with Crippen LogP contribution in [-0.2, 0) is 0 Å². The zero-order valence-electron chi connectivity index (χ0n) is 10.4. The number of benzene rings is 2. The highest BCUT2D eigenvalue weighted by molar-refractivity contribution is 7.99. The number of hydrogen-bond donors (Lipinski definition) is 2. The number of fused-ring (bicyclic) bond motifs is 1. The number of hydrogen-bond acceptors (Lipinski definition) is 4.